The van der Waals surface area contributed by atoms with Gasteiger partial charge < -0.3 is 10.2 Å². The van der Waals surface area contributed by atoms with Crippen LogP contribution >= 0.6 is 0 Å². The topological polar surface area (TPSA) is 81.7 Å². The molecule has 0 radical (unpaired) electrons. The van der Waals surface area contributed by atoms with Crippen molar-refractivity contribution in [2.45, 2.75) is 52.4 Å². The number of rotatable bonds is 11. The van der Waals surface area contributed by atoms with E-state index in [-0.39, 0.29) is 11.8 Å². The molecule has 0 saturated carbocycles. The Morgan fingerprint density at radius 3 is 2.08 bits per heavy atom. The summed E-state index contributed by atoms with van der Waals surface area (Å²) in [5.41, 5.74) is 3.56. The standard InChI is InChI=1S/C19H31N3O3/c1-15(2)14-22(3)17-12-10-16(11-13-17)20-18(23)8-6-4-5-7-9-19(24)21-25/h10-13,15,25H,4-9,14H2,1-3H3,(H,20,23)(H,21,24). The number of hydrogen-bond donors (Lipinski definition) is 3. The third-order valence-corrected chi connectivity index (χ3v) is 3.91. The molecule has 0 spiro atoms. The van der Waals surface area contributed by atoms with Crippen LogP contribution in [0.4, 0.5) is 11.4 Å². The first-order valence-electron chi connectivity index (χ1n) is 8.96. The molecule has 0 fully saturated rings. The number of nitrogens with zero attached hydrogens (tertiary/aromatic N) is 1. The summed E-state index contributed by atoms with van der Waals surface area (Å²) in [6.45, 7) is 5.37. The van der Waals surface area contributed by atoms with Gasteiger partial charge in [0.2, 0.25) is 11.8 Å². The first-order chi connectivity index (χ1) is 11.9. The summed E-state index contributed by atoms with van der Waals surface area (Å²) in [5, 5.41) is 11.3. The minimum Gasteiger partial charge on any atom is -0.374 e. The van der Waals surface area contributed by atoms with Gasteiger partial charge in [0.1, 0.15) is 0 Å². The Hall–Kier alpha value is -2.08. The van der Waals surface area contributed by atoms with Gasteiger partial charge in [-0.2, -0.15) is 0 Å². The Morgan fingerprint density at radius 2 is 1.56 bits per heavy atom. The molecule has 0 unspecified atom stereocenters. The Bertz CT molecular complexity index is 529. The van der Waals surface area contributed by atoms with Crippen molar-refractivity contribution in [3.05, 3.63) is 24.3 Å². The lowest BCUT2D eigenvalue weighted by atomic mass is 10.1. The van der Waals surface area contributed by atoms with Crippen LogP contribution in [0, 0.1) is 5.92 Å². The molecule has 140 valence electrons. The lowest BCUT2D eigenvalue weighted by Gasteiger charge is -2.21. The number of amides is 2. The number of carbonyl (C=O) groups is 2. The molecule has 6 heteroatoms. The van der Waals surface area contributed by atoms with Crippen LogP contribution in [0.5, 0.6) is 0 Å². The highest BCUT2D eigenvalue weighted by Gasteiger charge is 2.06. The molecule has 2 amide bonds. The van der Waals surface area contributed by atoms with Crippen molar-refractivity contribution in [2.75, 3.05) is 23.8 Å². The maximum atomic E-state index is 11.9. The van der Waals surface area contributed by atoms with Crippen molar-refractivity contribution in [2.24, 2.45) is 5.92 Å². The summed E-state index contributed by atoms with van der Waals surface area (Å²) < 4.78 is 0. The lowest BCUT2D eigenvalue weighted by Crippen LogP contribution is -2.22. The molecule has 0 saturated heterocycles. The fraction of sp³-hybridized carbons (Fsp3) is 0.579. The normalized spacial score (nSPS) is 10.6. The number of hydroxylamine groups is 1. The lowest BCUT2D eigenvalue weighted by molar-refractivity contribution is -0.129. The smallest absolute Gasteiger partial charge is 0.243 e. The second kappa shape index (κ2) is 11.5. The van der Waals surface area contributed by atoms with E-state index < -0.39 is 0 Å². The van der Waals surface area contributed by atoms with E-state index in [1.807, 2.05) is 24.3 Å². The summed E-state index contributed by atoms with van der Waals surface area (Å²) >= 11 is 0. The predicted molar refractivity (Wildman–Crippen MR) is 101 cm³/mol. The molecule has 25 heavy (non-hydrogen) atoms. The van der Waals surface area contributed by atoms with Crippen LogP contribution in [0.25, 0.3) is 0 Å². The summed E-state index contributed by atoms with van der Waals surface area (Å²) in [6.07, 6.45) is 4.07. The number of anilines is 2. The van der Waals surface area contributed by atoms with Gasteiger partial charge in [0.15, 0.2) is 0 Å². The number of carbonyl (C=O) groups excluding carboxylic acids is 2. The second-order valence-corrected chi connectivity index (χ2v) is 6.82. The average molecular weight is 349 g/mol. The van der Waals surface area contributed by atoms with E-state index in [0.29, 0.717) is 18.8 Å². The van der Waals surface area contributed by atoms with E-state index >= 15 is 0 Å². The molecular formula is C19H31N3O3. The van der Waals surface area contributed by atoms with E-state index in [4.69, 9.17) is 5.21 Å². The zero-order chi connectivity index (χ0) is 18.7. The molecule has 0 aliphatic carbocycles. The van der Waals surface area contributed by atoms with Crippen molar-refractivity contribution in [3.8, 4) is 0 Å². The van der Waals surface area contributed by atoms with Crippen molar-refractivity contribution >= 4 is 23.2 Å². The van der Waals surface area contributed by atoms with Crippen LogP contribution in [-0.2, 0) is 9.59 Å². The van der Waals surface area contributed by atoms with Crippen molar-refractivity contribution in [3.63, 3.8) is 0 Å². The van der Waals surface area contributed by atoms with E-state index in [0.717, 1.165) is 43.6 Å². The molecule has 0 bridgehead atoms. The Labute approximate surface area is 150 Å². The van der Waals surface area contributed by atoms with Crippen LogP contribution in [-0.4, -0.2) is 30.6 Å². The minimum atomic E-state index is -0.361. The van der Waals surface area contributed by atoms with Gasteiger partial charge in [-0.15, -0.1) is 0 Å². The van der Waals surface area contributed by atoms with Crippen LogP contribution in [0.2, 0.25) is 0 Å². The van der Waals surface area contributed by atoms with Crippen LogP contribution in [0.3, 0.4) is 0 Å². The van der Waals surface area contributed by atoms with E-state index in [2.05, 4.69) is 31.1 Å². The first-order valence-corrected chi connectivity index (χ1v) is 8.96. The zero-order valence-electron chi connectivity index (χ0n) is 15.5. The second-order valence-electron chi connectivity index (χ2n) is 6.82. The summed E-state index contributed by atoms with van der Waals surface area (Å²) in [5.74, 6) is 0.249. The number of hydrogen-bond acceptors (Lipinski definition) is 4. The first kappa shape index (κ1) is 21.0. The molecular weight excluding hydrogens is 318 g/mol. The Morgan fingerprint density at radius 1 is 1.00 bits per heavy atom. The molecule has 0 aromatic heterocycles. The molecule has 0 aliphatic rings. The Balaban J connectivity index is 2.25. The van der Waals surface area contributed by atoms with Crippen LogP contribution in [0.1, 0.15) is 52.4 Å². The number of unbranched alkanes of at least 4 members (excludes halogenated alkanes) is 3. The van der Waals surface area contributed by atoms with Gasteiger partial charge in [-0.25, -0.2) is 5.48 Å². The highest BCUT2D eigenvalue weighted by atomic mass is 16.5. The molecule has 1 aromatic carbocycles. The number of benzene rings is 1. The summed E-state index contributed by atoms with van der Waals surface area (Å²) in [6, 6.07) is 7.89. The highest BCUT2D eigenvalue weighted by molar-refractivity contribution is 5.90. The van der Waals surface area contributed by atoms with Crippen molar-refractivity contribution in [1.82, 2.24) is 5.48 Å². The summed E-state index contributed by atoms with van der Waals surface area (Å²) in [7, 11) is 2.07. The van der Waals surface area contributed by atoms with Crippen molar-refractivity contribution in [1.29, 1.82) is 0 Å². The fourth-order valence-electron chi connectivity index (χ4n) is 2.66. The highest BCUT2D eigenvalue weighted by Crippen LogP contribution is 2.18. The quantitative estimate of drug-likeness (QED) is 0.324. The molecule has 6 nitrogen and oxygen atoms in total. The fourth-order valence-corrected chi connectivity index (χ4v) is 2.66. The van der Waals surface area contributed by atoms with Gasteiger partial charge in [0.25, 0.3) is 0 Å². The van der Waals surface area contributed by atoms with Crippen molar-refractivity contribution < 1.29 is 14.8 Å². The van der Waals surface area contributed by atoms with E-state index in [1.165, 1.54) is 0 Å². The van der Waals surface area contributed by atoms with E-state index in [1.54, 1.807) is 5.48 Å². The van der Waals surface area contributed by atoms with Gasteiger partial charge in [0, 0.05) is 37.8 Å². The monoisotopic (exact) mass is 349 g/mol. The maximum Gasteiger partial charge on any atom is 0.243 e. The molecule has 0 aliphatic heterocycles. The van der Waals surface area contributed by atoms with Gasteiger partial charge in [-0.1, -0.05) is 26.7 Å². The molecule has 1 aromatic rings. The third-order valence-electron chi connectivity index (χ3n) is 3.91. The van der Waals surface area contributed by atoms with Gasteiger partial charge >= 0.3 is 0 Å². The predicted octanol–water partition coefficient (Wildman–Crippen LogP) is 3.56. The molecule has 0 heterocycles. The number of nitrogens with one attached hydrogen (secondary N) is 2. The Kier molecular flexibility index (Phi) is 9.62. The molecule has 1 rings (SSSR count). The average Bonchev–Trinajstić information content (AvgIpc) is 2.57. The van der Waals surface area contributed by atoms with Crippen LogP contribution in [0.15, 0.2) is 24.3 Å². The molecule has 0 atom stereocenters. The van der Waals surface area contributed by atoms with Gasteiger partial charge in [-0.05, 0) is 43.0 Å². The minimum absolute atomic E-state index is 0.0105. The largest absolute Gasteiger partial charge is 0.374 e. The maximum absolute atomic E-state index is 11.9. The zero-order valence-corrected chi connectivity index (χ0v) is 15.5. The summed E-state index contributed by atoms with van der Waals surface area (Å²) in [4.78, 5) is 25.0. The van der Waals surface area contributed by atoms with E-state index in [9.17, 15) is 9.59 Å². The van der Waals surface area contributed by atoms with Gasteiger partial charge in [-0.3, -0.25) is 14.8 Å². The molecule has 3 N–H and O–H groups in total. The third kappa shape index (κ3) is 9.10. The van der Waals surface area contributed by atoms with Gasteiger partial charge in [0.05, 0.1) is 0 Å². The SMILES string of the molecule is CC(C)CN(C)c1ccc(NC(=O)CCCCCCC(=O)NO)cc1. The van der Waals surface area contributed by atoms with Crippen LogP contribution < -0.4 is 15.7 Å².